The number of nitrogens with zero attached hydrogens (tertiary/aromatic N) is 2. The number of benzene rings is 1. The van der Waals surface area contributed by atoms with E-state index in [1.165, 1.54) is 5.56 Å². The summed E-state index contributed by atoms with van der Waals surface area (Å²) >= 11 is 3.55. The number of likely N-dealkylation sites (N-methyl/N-ethyl adjacent to an activating group) is 1. The van der Waals surface area contributed by atoms with Gasteiger partial charge in [0.25, 0.3) is 0 Å². The molecule has 21 heavy (non-hydrogen) atoms. The molecule has 1 aromatic carbocycles. The summed E-state index contributed by atoms with van der Waals surface area (Å²) in [5.74, 6) is 0.264. The van der Waals surface area contributed by atoms with Gasteiger partial charge in [-0.1, -0.05) is 15.9 Å². The van der Waals surface area contributed by atoms with Crippen LogP contribution >= 0.6 is 15.9 Å². The van der Waals surface area contributed by atoms with Crippen LogP contribution in [0.3, 0.4) is 0 Å². The van der Waals surface area contributed by atoms with Gasteiger partial charge in [-0.2, -0.15) is 0 Å². The third-order valence-corrected chi connectivity index (χ3v) is 5.83. The van der Waals surface area contributed by atoms with E-state index in [2.05, 4.69) is 33.0 Å². The Balaban J connectivity index is 1.66. The van der Waals surface area contributed by atoms with Crippen LogP contribution in [0, 0.1) is 0 Å². The van der Waals surface area contributed by atoms with Gasteiger partial charge in [0.15, 0.2) is 0 Å². The second-order valence-electron chi connectivity index (χ2n) is 6.33. The van der Waals surface area contributed by atoms with Crippen molar-refractivity contribution in [3.05, 3.63) is 28.2 Å². The van der Waals surface area contributed by atoms with Gasteiger partial charge in [0.1, 0.15) is 0 Å². The molecule has 3 aliphatic heterocycles. The van der Waals surface area contributed by atoms with Crippen LogP contribution < -0.4 is 4.90 Å². The molecule has 0 aliphatic carbocycles. The highest BCUT2D eigenvalue weighted by Gasteiger charge is 2.51. The molecule has 1 aromatic rings. The minimum absolute atomic E-state index is 0.264. The fourth-order valence-corrected chi connectivity index (χ4v) is 4.28. The minimum Gasteiger partial charge on any atom is -0.378 e. The zero-order valence-corrected chi connectivity index (χ0v) is 13.7. The van der Waals surface area contributed by atoms with Gasteiger partial charge in [-0.3, -0.25) is 9.69 Å². The molecule has 0 N–H and O–H groups in total. The van der Waals surface area contributed by atoms with Gasteiger partial charge in [-0.25, -0.2) is 0 Å². The number of fused-ring (bicyclic) bond motifs is 2. The second-order valence-corrected chi connectivity index (χ2v) is 7.25. The highest BCUT2D eigenvalue weighted by Crippen LogP contribution is 2.48. The van der Waals surface area contributed by atoms with E-state index < -0.39 is 0 Å². The molecule has 4 nitrogen and oxygen atoms in total. The van der Waals surface area contributed by atoms with Gasteiger partial charge in [0.05, 0.1) is 24.7 Å². The summed E-state index contributed by atoms with van der Waals surface area (Å²) in [4.78, 5) is 17.2. The Bertz CT molecular complexity index is 592. The zero-order chi connectivity index (χ0) is 14.6. The van der Waals surface area contributed by atoms with E-state index in [9.17, 15) is 4.79 Å². The summed E-state index contributed by atoms with van der Waals surface area (Å²) in [6.45, 7) is 3.67. The Labute approximate surface area is 133 Å². The van der Waals surface area contributed by atoms with E-state index in [-0.39, 0.29) is 11.3 Å². The number of carbonyl (C=O) groups excluding carboxylic acids is 1. The maximum Gasteiger partial charge on any atom is 0.237 e. The number of carbonyl (C=O) groups is 1. The Hall–Kier alpha value is -0.910. The summed E-state index contributed by atoms with van der Waals surface area (Å²) in [5.41, 5.74) is 1.96. The van der Waals surface area contributed by atoms with Crippen LogP contribution in [0.25, 0.3) is 0 Å². The molecule has 0 radical (unpaired) electrons. The predicted octanol–water partition coefficient (Wildman–Crippen LogP) is 2.16. The van der Waals surface area contributed by atoms with Crippen LogP contribution in [0.15, 0.2) is 22.7 Å². The molecule has 0 atom stereocenters. The molecule has 0 unspecified atom stereocenters. The summed E-state index contributed by atoms with van der Waals surface area (Å²) in [6, 6.07) is 6.78. The highest BCUT2D eigenvalue weighted by atomic mass is 79.9. The number of rotatable bonds is 1. The van der Waals surface area contributed by atoms with Crippen molar-refractivity contribution in [3.8, 4) is 0 Å². The normalized spacial score (nSPS) is 25.2. The Morgan fingerprint density at radius 1 is 1.29 bits per heavy atom. The van der Waals surface area contributed by atoms with Crippen molar-refractivity contribution >= 4 is 27.5 Å². The quantitative estimate of drug-likeness (QED) is 0.777. The number of hydrogen-bond donors (Lipinski definition) is 0. The third-order valence-electron chi connectivity index (χ3n) is 5.34. The van der Waals surface area contributed by atoms with Gasteiger partial charge in [0.2, 0.25) is 5.91 Å². The van der Waals surface area contributed by atoms with E-state index in [0.717, 1.165) is 49.3 Å². The number of amides is 1. The number of likely N-dealkylation sites (tertiary alicyclic amines) is 1. The molecule has 0 aromatic heterocycles. The average Bonchev–Trinajstić information content (AvgIpc) is 2.62. The summed E-state index contributed by atoms with van der Waals surface area (Å²) in [5, 5.41) is 0. The first-order chi connectivity index (χ1) is 10.1. The molecule has 1 amide bonds. The smallest absolute Gasteiger partial charge is 0.237 e. The predicted molar refractivity (Wildman–Crippen MR) is 84.6 cm³/mol. The van der Waals surface area contributed by atoms with Crippen molar-refractivity contribution in [2.75, 3.05) is 38.3 Å². The summed E-state index contributed by atoms with van der Waals surface area (Å²) in [6.07, 6.45) is 1.83. The number of anilines is 1. The number of ether oxygens (including phenoxy) is 1. The van der Waals surface area contributed by atoms with Gasteiger partial charge >= 0.3 is 0 Å². The fourth-order valence-electron chi connectivity index (χ4n) is 3.92. The van der Waals surface area contributed by atoms with Crippen LogP contribution in [-0.2, 0) is 14.9 Å². The number of piperidine rings is 1. The number of hydrogen-bond acceptors (Lipinski definition) is 3. The molecular formula is C16H19BrN2O2. The Kier molecular flexibility index (Phi) is 3.14. The maximum absolute atomic E-state index is 12.9. The third kappa shape index (κ3) is 1.91. The topological polar surface area (TPSA) is 32.8 Å². The van der Waals surface area contributed by atoms with Crippen LogP contribution in [0.5, 0.6) is 0 Å². The lowest BCUT2D eigenvalue weighted by Gasteiger charge is -2.44. The first-order valence-corrected chi connectivity index (χ1v) is 8.31. The van der Waals surface area contributed by atoms with E-state index >= 15 is 0 Å². The average molecular weight is 351 g/mol. The van der Waals surface area contributed by atoms with E-state index in [1.54, 1.807) is 0 Å². The largest absolute Gasteiger partial charge is 0.378 e. The second kappa shape index (κ2) is 4.80. The standard InChI is InChI=1S/C16H19BrN2O2/c1-18-14-3-2-11(17)8-13(14)16(15(18)20)4-6-19(7-5-16)12-9-21-10-12/h2-3,8,12H,4-7,9-10H2,1H3. The molecule has 4 rings (SSSR count). The van der Waals surface area contributed by atoms with Crippen LogP contribution in [0.1, 0.15) is 18.4 Å². The first kappa shape index (κ1) is 13.7. The van der Waals surface area contributed by atoms with Crippen molar-refractivity contribution in [2.24, 2.45) is 0 Å². The first-order valence-electron chi connectivity index (χ1n) is 7.52. The fraction of sp³-hybridized carbons (Fsp3) is 0.562. The highest BCUT2D eigenvalue weighted by molar-refractivity contribution is 9.10. The van der Waals surface area contributed by atoms with Gasteiger partial charge in [-0.05, 0) is 49.7 Å². The molecule has 0 bridgehead atoms. The van der Waals surface area contributed by atoms with Gasteiger partial charge < -0.3 is 9.64 Å². The molecule has 2 fully saturated rings. The van der Waals surface area contributed by atoms with E-state index in [4.69, 9.17) is 4.74 Å². The molecule has 3 aliphatic rings. The van der Waals surface area contributed by atoms with Crippen molar-refractivity contribution in [1.29, 1.82) is 0 Å². The Morgan fingerprint density at radius 2 is 2.00 bits per heavy atom. The Morgan fingerprint density at radius 3 is 2.62 bits per heavy atom. The van der Waals surface area contributed by atoms with Crippen molar-refractivity contribution in [3.63, 3.8) is 0 Å². The van der Waals surface area contributed by atoms with Gasteiger partial charge in [0, 0.05) is 17.2 Å². The molecule has 0 saturated carbocycles. The van der Waals surface area contributed by atoms with Gasteiger partial charge in [-0.15, -0.1) is 0 Å². The van der Waals surface area contributed by atoms with Crippen LogP contribution in [0.2, 0.25) is 0 Å². The maximum atomic E-state index is 12.9. The van der Waals surface area contributed by atoms with Crippen LogP contribution in [0.4, 0.5) is 5.69 Å². The zero-order valence-electron chi connectivity index (χ0n) is 12.1. The molecule has 2 saturated heterocycles. The summed E-state index contributed by atoms with van der Waals surface area (Å²) < 4.78 is 6.35. The summed E-state index contributed by atoms with van der Waals surface area (Å²) in [7, 11) is 1.90. The molecule has 1 spiro atoms. The van der Waals surface area contributed by atoms with E-state index in [1.807, 2.05) is 18.0 Å². The molecule has 5 heteroatoms. The lowest BCUT2D eigenvalue weighted by molar-refractivity contribution is -0.126. The SMILES string of the molecule is CN1C(=O)C2(CCN(C3COC3)CC2)c2cc(Br)ccc21. The van der Waals surface area contributed by atoms with Crippen molar-refractivity contribution < 1.29 is 9.53 Å². The van der Waals surface area contributed by atoms with Crippen molar-refractivity contribution in [1.82, 2.24) is 4.90 Å². The molecule has 112 valence electrons. The lowest BCUT2D eigenvalue weighted by Crippen LogP contribution is -2.56. The van der Waals surface area contributed by atoms with Crippen molar-refractivity contribution in [2.45, 2.75) is 24.3 Å². The van der Waals surface area contributed by atoms with E-state index in [0.29, 0.717) is 6.04 Å². The number of halogens is 1. The monoisotopic (exact) mass is 350 g/mol. The minimum atomic E-state index is -0.311. The molecular weight excluding hydrogens is 332 g/mol. The van der Waals surface area contributed by atoms with Crippen LogP contribution in [-0.4, -0.2) is 50.2 Å². The molecule has 3 heterocycles. The lowest BCUT2D eigenvalue weighted by atomic mass is 9.73.